The SMILES string of the molecule is N#Cc1cc(-c2cccc(Cl)c2)no1. The van der Waals surface area contributed by atoms with E-state index in [-0.39, 0.29) is 5.76 Å². The number of hydrogen-bond donors (Lipinski definition) is 0. The number of nitrogens with zero attached hydrogens (tertiary/aromatic N) is 2. The van der Waals surface area contributed by atoms with Crippen LogP contribution in [0.15, 0.2) is 34.9 Å². The fraction of sp³-hybridized carbons (Fsp3) is 0. The highest BCUT2D eigenvalue weighted by molar-refractivity contribution is 6.30. The molecule has 0 bridgehead atoms. The first kappa shape index (κ1) is 8.79. The standard InChI is InChI=1S/C10H5ClN2O/c11-8-3-1-2-7(4-8)10-5-9(6-12)14-13-10/h1-5H. The van der Waals surface area contributed by atoms with E-state index in [0.29, 0.717) is 10.7 Å². The van der Waals surface area contributed by atoms with Gasteiger partial charge in [-0.25, -0.2) is 0 Å². The lowest BCUT2D eigenvalue weighted by Gasteiger charge is -1.94. The zero-order valence-corrected chi connectivity index (χ0v) is 7.82. The third-order valence-corrected chi connectivity index (χ3v) is 1.98. The van der Waals surface area contributed by atoms with E-state index in [1.165, 1.54) is 0 Å². The Morgan fingerprint density at radius 3 is 2.86 bits per heavy atom. The van der Waals surface area contributed by atoms with Crippen molar-refractivity contribution in [1.82, 2.24) is 5.16 Å². The summed E-state index contributed by atoms with van der Waals surface area (Å²) >= 11 is 5.81. The highest BCUT2D eigenvalue weighted by Crippen LogP contribution is 2.21. The molecule has 1 heterocycles. The second kappa shape index (κ2) is 3.52. The molecule has 0 saturated carbocycles. The smallest absolute Gasteiger partial charge is 0.236 e. The van der Waals surface area contributed by atoms with Gasteiger partial charge in [0.05, 0.1) is 0 Å². The molecule has 2 aromatic rings. The van der Waals surface area contributed by atoms with Crippen molar-refractivity contribution in [2.45, 2.75) is 0 Å². The van der Waals surface area contributed by atoms with Gasteiger partial charge in [0.1, 0.15) is 11.8 Å². The van der Waals surface area contributed by atoms with Crippen molar-refractivity contribution in [1.29, 1.82) is 5.26 Å². The minimum Gasteiger partial charge on any atom is -0.345 e. The highest BCUT2D eigenvalue weighted by atomic mass is 35.5. The normalized spacial score (nSPS) is 9.71. The summed E-state index contributed by atoms with van der Waals surface area (Å²) in [6.45, 7) is 0. The van der Waals surface area contributed by atoms with Crippen molar-refractivity contribution in [3.8, 4) is 17.3 Å². The molecule has 0 atom stereocenters. The van der Waals surface area contributed by atoms with Crippen LogP contribution < -0.4 is 0 Å². The van der Waals surface area contributed by atoms with Gasteiger partial charge in [0.25, 0.3) is 0 Å². The lowest BCUT2D eigenvalue weighted by Crippen LogP contribution is -1.75. The molecule has 1 aromatic carbocycles. The molecular weight excluding hydrogens is 200 g/mol. The summed E-state index contributed by atoms with van der Waals surface area (Å²) in [5.41, 5.74) is 1.45. The molecule has 1 aromatic heterocycles. The molecule has 2 rings (SSSR count). The van der Waals surface area contributed by atoms with E-state index in [0.717, 1.165) is 5.56 Å². The third-order valence-electron chi connectivity index (χ3n) is 1.74. The summed E-state index contributed by atoms with van der Waals surface area (Å²) < 4.78 is 4.75. The Hall–Kier alpha value is -1.79. The molecule has 0 fully saturated rings. The fourth-order valence-electron chi connectivity index (χ4n) is 1.11. The van der Waals surface area contributed by atoms with E-state index in [9.17, 15) is 0 Å². The molecule has 3 nitrogen and oxygen atoms in total. The maximum Gasteiger partial charge on any atom is 0.236 e. The summed E-state index contributed by atoms with van der Waals surface area (Å²) in [7, 11) is 0. The molecule has 14 heavy (non-hydrogen) atoms. The van der Waals surface area contributed by atoms with Crippen LogP contribution in [0.1, 0.15) is 5.76 Å². The molecule has 0 amide bonds. The van der Waals surface area contributed by atoms with Crippen molar-refractivity contribution in [2.75, 3.05) is 0 Å². The molecule has 68 valence electrons. The van der Waals surface area contributed by atoms with Crippen molar-refractivity contribution >= 4 is 11.6 Å². The molecule has 0 saturated heterocycles. The Bertz CT molecular complexity index is 499. The Morgan fingerprint density at radius 1 is 1.36 bits per heavy atom. The van der Waals surface area contributed by atoms with Gasteiger partial charge in [-0.2, -0.15) is 5.26 Å². The molecule has 0 aliphatic heterocycles. The quantitative estimate of drug-likeness (QED) is 0.718. The average Bonchev–Trinajstić information content (AvgIpc) is 2.66. The topological polar surface area (TPSA) is 49.8 Å². The summed E-state index contributed by atoms with van der Waals surface area (Å²) in [5.74, 6) is 0.194. The minimum atomic E-state index is 0.194. The van der Waals surface area contributed by atoms with Crippen LogP contribution in [0.5, 0.6) is 0 Å². The van der Waals surface area contributed by atoms with Crippen LogP contribution in [-0.2, 0) is 0 Å². The Kier molecular flexibility index (Phi) is 2.21. The van der Waals surface area contributed by atoms with Gasteiger partial charge in [-0.05, 0) is 12.1 Å². The van der Waals surface area contributed by atoms with E-state index in [1.54, 1.807) is 18.2 Å². The number of aromatic nitrogens is 1. The molecule has 0 unspecified atom stereocenters. The van der Waals surface area contributed by atoms with Crippen molar-refractivity contribution in [3.63, 3.8) is 0 Å². The molecule has 0 N–H and O–H groups in total. The predicted octanol–water partition coefficient (Wildman–Crippen LogP) is 2.87. The number of benzene rings is 1. The Labute approximate surface area is 85.5 Å². The van der Waals surface area contributed by atoms with Gasteiger partial charge in [0.15, 0.2) is 0 Å². The van der Waals surface area contributed by atoms with Crippen molar-refractivity contribution in [2.24, 2.45) is 0 Å². The van der Waals surface area contributed by atoms with E-state index in [4.69, 9.17) is 21.4 Å². The molecule has 0 aliphatic carbocycles. The fourth-order valence-corrected chi connectivity index (χ4v) is 1.30. The summed E-state index contributed by atoms with van der Waals surface area (Å²) in [5, 5.41) is 12.9. The van der Waals surface area contributed by atoms with Gasteiger partial charge in [-0.1, -0.05) is 28.9 Å². The summed E-state index contributed by atoms with van der Waals surface area (Å²) in [6, 6.07) is 10.7. The summed E-state index contributed by atoms with van der Waals surface area (Å²) in [6.07, 6.45) is 0. The van der Waals surface area contributed by atoms with Crippen LogP contribution in [0.25, 0.3) is 11.3 Å². The molecule has 4 heteroatoms. The van der Waals surface area contributed by atoms with Crippen LogP contribution in [0.2, 0.25) is 5.02 Å². The van der Waals surface area contributed by atoms with E-state index in [1.807, 2.05) is 18.2 Å². The van der Waals surface area contributed by atoms with Gasteiger partial charge in [0, 0.05) is 16.7 Å². The van der Waals surface area contributed by atoms with Gasteiger partial charge in [-0.3, -0.25) is 0 Å². The predicted molar refractivity (Wildman–Crippen MR) is 51.7 cm³/mol. The second-order valence-corrected chi connectivity index (χ2v) is 3.13. The van der Waals surface area contributed by atoms with Crippen LogP contribution >= 0.6 is 11.6 Å². The highest BCUT2D eigenvalue weighted by Gasteiger charge is 2.05. The molecule has 0 spiro atoms. The average molecular weight is 205 g/mol. The number of nitriles is 1. The monoisotopic (exact) mass is 204 g/mol. The van der Waals surface area contributed by atoms with E-state index < -0.39 is 0 Å². The zero-order valence-electron chi connectivity index (χ0n) is 7.07. The third kappa shape index (κ3) is 1.61. The first-order valence-corrected chi connectivity index (χ1v) is 4.30. The number of hydrogen-bond acceptors (Lipinski definition) is 3. The first-order chi connectivity index (χ1) is 6.79. The maximum absolute atomic E-state index is 8.54. The van der Waals surface area contributed by atoms with Gasteiger partial charge in [0.2, 0.25) is 5.76 Å². The van der Waals surface area contributed by atoms with Gasteiger partial charge >= 0.3 is 0 Å². The maximum atomic E-state index is 8.54. The van der Waals surface area contributed by atoms with Crippen LogP contribution in [0, 0.1) is 11.3 Å². The largest absolute Gasteiger partial charge is 0.345 e. The molecule has 0 aliphatic rings. The zero-order chi connectivity index (χ0) is 9.97. The molecule has 0 radical (unpaired) electrons. The summed E-state index contributed by atoms with van der Waals surface area (Å²) in [4.78, 5) is 0. The van der Waals surface area contributed by atoms with E-state index in [2.05, 4.69) is 5.16 Å². The lowest BCUT2D eigenvalue weighted by molar-refractivity contribution is 0.412. The number of rotatable bonds is 1. The second-order valence-electron chi connectivity index (χ2n) is 2.70. The van der Waals surface area contributed by atoms with Crippen LogP contribution in [0.4, 0.5) is 0 Å². The Balaban J connectivity index is 2.45. The van der Waals surface area contributed by atoms with E-state index >= 15 is 0 Å². The van der Waals surface area contributed by atoms with Crippen LogP contribution in [-0.4, -0.2) is 5.16 Å². The molecular formula is C10H5ClN2O. The van der Waals surface area contributed by atoms with Gasteiger partial charge in [-0.15, -0.1) is 0 Å². The Morgan fingerprint density at radius 2 is 2.21 bits per heavy atom. The van der Waals surface area contributed by atoms with Crippen molar-refractivity contribution < 1.29 is 4.52 Å². The minimum absolute atomic E-state index is 0.194. The van der Waals surface area contributed by atoms with Crippen molar-refractivity contribution in [3.05, 3.63) is 41.1 Å². The first-order valence-electron chi connectivity index (χ1n) is 3.92. The number of halogens is 1. The van der Waals surface area contributed by atoms with Crippen LogP contribution in [0.3, 0.4) is 0 Å². The van der Waals surface area contributed by atoms with Gasteiger partial charge < -0.3 is 4.52 Å². The lowest BCUT2D eigenvalue weighted by atomic mass is 10.1.